The van der Waals surface area contributed by atoms with Crippen molar-refractivity contribution in [2.24, 2.45) is 0 Å². The Morgan fingerprint density at radius 3 is 2.45 bits per heavy atom. The van der Waals surface area contributed by atoms with Crippen molar-refractivity contribution in [3.63, 3.8) is 0 Å². The molecule has 0 bridgehead atoms. The van der Waals surface area contributed by atoms with Gasteiger partial charge in [-0.1, -0.05) is 36.4 Å². The predicted octanol–water partition coefficient (Wildman–Crippen LogP) is 6.46. The highest BCUT2D eigenvalue weighted by Gasteiger charge is 2.33. The number of carbonyl (C=O) groups excluding carboxylic acids is 2. The van der Waals surface area contributed by atoms with Gasteiger partial charge < -0.3 is 10.2 Å². The molecule has 0 atom stereocenters. The fourth-order valence-corrected chi connectivity index (χ4v) is 4.81. The molecule has 0 spiro atoms. The van der Waals surface area contributed by atoms with E-state index in [0.717, 1.165) is 23.4 Å². The largest absolute Gasteiger partial charge is 0.416 e. The number of aromatic nitrogens is 1. The number of alkyl halides is 3. The number of hydrogen-bond donors (Lipinski definition) is 1. The van der Waals surface area contributed by atoms with Gasteiger partial charge in [0.1, 0.15) is 0 Å². The van der Waals surface area contributed by atoms with E-state index in [4.69, 9.17) is 0 Å². The highest BCUT2D eigenvalue weighted by atomic mass is 19.4. The number of nitrogens with one attached hydrogen (secondary N) is 1. The second-order valence-electron chi connectivity index (χ2n) is 9.17. The van der Waals surface area contributed by atoms with Crippen LogP contribution < -0.4 is 10.2 Å². The van der Waals surface area contributed by atoms with Crippen LogP contribution in [0.5, 0.6) is 0 Å². The van der Waals surface area contributed by atoms with Crippen molar-refractivity contribution >= 4 is 23.2 Å². The third kappa shape index (κ3) is 5.16. The van der Waals surface area contributed by atoms with Gasteiger partial charge in [-0.2, -0.15) is 13.2 Å². The minimum absolute atomic E-state index is 0.0591. The molecule has 0 saturated carbocycles. The molecule has 8 heteroatoms. The maximum Gasteiger partial charge on any atom is 0.416 e. The van der Waals surface area contributed by atoms with Crippen LogP contribution in [0.3, 0.4) is 0 Å². The van der Waals surface area contributed by atoms with Crippen LogP contribution >= 0.6 is 0 Å². The van der Waals surface area contributed by atoms with Crippen molar-refractivity contribution in [2.75, 3.05) is 16.8 Å². The lowest BCUT2D eigenvalue weighted by Crippen LogP contribution is -2.30. The van der Waals surface area contributed by atoms with Gasteiger partial charge in [0.15, 0.2) is 0 Å². The summed E-state index contributed by atoms with van der Waals surface area (Å²) < 4.78 is 40.8. The summed E-state index contributed by atoms with van der Waals surface area (Å²) in [6, 6.07) is 21.4. The van der Waals surface area contributed by atoms with E-state index in [1.54, 1.807) is 78.7 Å². The molecule has 1 aromatic heterocycles. The van der Waals surface area contributed by atoms with Crippen LogP contribution in [0.4, 0.5) is 24.5 Å². The minimum atomic E-state index is -4.59. The molecule has 5 rings (SSSR count). The zero-order valence-corrected chi connectivity index (χ0v) is 20.5. The number of halogens is 3. The number of anilines is 2. The lowest BCUT2D eigenvalue weighted by atomic mass is 9.92. The van der Waals surface area contributed by atoms with Gasteiger partial charge in [0.25, 0.3) is 5.91 Å². The molecule has 2 amide bonds. The molecular weight excluding hydrogens is 491 g/mol. The Kier molecular flexibility index (Phi) is 6.72. The van der Waals surface area contributed by atoms with Crippen molar-refractivity contribution in [3.05, 3.63) is 113 Å². The molecule has 1 N–H and O–H groups in total. The molecule has 0 aliphatic carbocycles. The van der Waals surface area contributed by atoms with Gasteiger partial charge in [-0.3, -0.25) is 14.6 Å². The number of nitrogens with zero attached hydrogens (tertiary/aromatic N) is 2. The molecular formula is C30H24F3N3O2. The summed E-state index contributed by atoms with van der Waals surface area (Å²) in [6.07, 6.45) is -2.17. The van der Waals surface area contributed by atoms with Crippen molar-refractivity contribution in [3.8, 4) is 11.1 Å². The Morgan fingerprint density at radius 2 is 1.74 bits per heavy atom. The summed E-state index contributed by atoms with van der Waals surface area (Å²) >= 11 is 0. The SMILES string of the molecule is Cc1cc(C(F)(F)F)cc(C(=O)Nc2ccc3c(c2)CCN3C(=O)Cc2ccccn2)c1-c1ccccc1. The molecule has 4 aromatic rings. The lowest BCUT2D eigenvalue weighted by Gasteiger charge is -2.18. The first-order chi connectivity index (χ1) is 18.2. The predicted molar refractivity (Wildman–Crippen MR) is 140 cm³/mol. The molecule has 5 nitrogen and oxygen atoms in total. The average molecular weight is 516 g/mol. The summed E-state index contributed by atoms with van der Waals surface area (Å²) in [5, 5.41) is 2.77. The van der Waals surface area contributed by atoms with E-state index >= 15 is 0 Å². The standard InChI is InChI=1S/C30H24F3N3O2/c1-19-15-22(30(31,32)33)17-25(28(19)20-7-3-2-4-8-20)29(38)35-24-10-11-26-21(16-24)12-14-36(26)27(37)18-23-9-5-6-13-34-23/h2-11,13,15-17H,12,14,18H2,1H3,(H,35,38). The second-order valence-corrected chi connectivity index (χ2v) is 9.17. The first-order valence-corrected chi connectivity index (χ1v) is 12.1. The number of amides is 2. The Bertz CT molecular complexity index is 1500. The number of carbonyl (C=O) groups is 2. The monoisotopic (exact) mass is 515 g/mol. The second kappa shape index (κ2) is 10.1. The maximum absolute atomic E-state index is 13.6. The molecule has 192 valence electrons. The molecule has 0 fully saturated rings. The van der Waals surface area contributed by atoms with Gasteiger partial charge in [0.05, 0.1) is 12.0 Å². The van der Waals surface area contributed by atoms with E-state index in [1.165, 1.54) is 0 Å². The topological polar surface area (TPSA) is 62.3 Å². The highest BCUT2D eigenvalue weighted by molar-refractivity contribution is 6.09. The van der Waals surface area contributed by atoms with E-state index in [1.807, 2.05) is 6.07 Å². The molecule has 1 aliphatic heterocycles. The third-order valence-electron chi connectivity index (χ3n) is 6.56. The normalized spacial score (nSPS) is 12.8. The number of fused-ring (bicyclic) bond motifs is 1. The van der Waals surface area contributed by atoms with Gasteiger partial charge >= 0.3 is 6.18 Å². The van der Waals surface area contributed by atoms with Crippen LogP contribution in [0.15, 0.2) is 85.1 Å². The van der Waals surface area contributed by atoms with Crippen LogP contribution in [0.1, 0.15) is 32.7 Å². The molecule has 0 radical (unpaired) electrons. The van der Waals surface area contributed by atoms with Crippen LogP contribution in [0.25, 0.3) is 11.1 Å². The Labute approximate surface area is 218 Å². The summed E-state index contributed by atoms with van der Waals surface area (Å²) in [6.45, 7) is 2.07. The highest BCUT2D eigenvalue weighted by Crippen LogP contribution is 2.37. The van der Waals surface area contributed by atoms with Crippen molar-refractivity contribution < 1.29 is 22.8 Å². The van der Waals surface area contributed by atoms with Crippen molar-refractivity contribution in [2.45, 2.75) is 25.9 Å². The molecule has 3 aromatic carbocycles. The van der Waals surface area contributed by atoms with Crippen molar-refractivity contribution in [1.29, 1.82) is 0 Å². The Balaban J connectivity index is 1.42. The number of hydrogen-bond acceptors (Lipinski definition) is 3. The minimum Gasteiger partial charge on any atom is -0.322 e. The zero-order chi connectivity index (χ0) is 26.9. The quantitative estimate of drug-likeness (QED) is 0.332. The summed E-state index contributed by atoms with van der Waals surface area (Å²) in [5.41, 5.74) is 3.27. The van der Waals surface area contributed by atoms with E-state index in [2.05, 4.69) is 10.3 Å². The molecule has 2 heterocycles. The van der Waals surface area contributed by atoms with Gasteiger partial charge in [0.2, 0.25) is 5.91 Å². The number of rotatable bonds is 5. The first-order valence-electron chi connectivity index (χ1n) is 12.1. The zero-order valence-electron chi connectivity index (χ0n) is 20.5. The fourth-order valence-electron chi connectivity index (χ4n) is 4.81. The van der Waals surface area contributed by atoms with Gasteiger partial charge in [0, 0.05) is 35.4 Å². The fraction of sp³-hybridized carbons (Fsp3) is 0.167. The lowest BCUT2D eigenvalue weighted by molar-refractivity contribution is -0.137. The Hall–Kier alpha value is -4.46. The first kappa shape index (κ1) is 25.2. The summed E-state index contributed by atoms with van der Waals surface area (Å²) in [5.74, 6) is -0.717. The maximum atomic E-state index is 13.6. The van der Waals surface area contributed by atoms with Crippen LogP contribution in [0.2, 0.25) is 0 Å². The molecule has 0 unspecified atom stereocenters. The van der Waals surface area contributed by atoms with Crippen LogP contribution in [-0.4, -0.2) is 23.3 Å². The van der Waals surface area contributed by atoms with E-state index in [9.17, 15) is 22.8 Å². The summed E-state index contributed by atoms with van der Waals surface area (Å²) in [7, 11) is 0. The summed E-state index contributed by atoms with van der Waals surface area (Å²) in [4.78, 5) is 32.1. The van der Waals surface area contributed by atoms with Gasteiger partial charge in [-0.25, -0.2) is 0 Å². The van der Waals surface area contributed by atoms with E-state index < -0.39 is 17.6 Å². The van der Waals surface area contributed by atoms with Gasteiger partial charge in [-0.15, -0.1) is 0 Å². The van der Waals surface area contributed by atoms with Crippen LogP contribution in [-0.2, 0) is 23.8 Å². The van der Waals surface area contributed by atoms with Gasteiger partial charge in [-0.05, 0) is 78.1 Å². The number of pyridine rings is 1. The molecule has 38 heavy (non-hydrogen) atoms. The smallest absolute Gasteiger partial charge is 0.322 e. The van der Waals surface area contributed by atoms with Crippen molar-refractivity contribution in [1.82, 2.24) is 4.98 Å². The molecule has 0 saturated heterocycles. The molecule has 1 aliphatic rings. The van der Waals surface area contributed by atoms with E-state index in [-0.39, 0.29) is 17.9 Å². The number of aryl methyl sites for hydroxylation is 1. The third-order valence-corrected chi connectivity index (χ3v) is 6.56. The van der Waals surface area contributed by atoms with Crippen LogP contribution in [0, 0.1) is 6.92 Å². The Morgan fingerprint density at radius 1 is 0.974 bits per heavy atom. The van der Waals surface area contributed by atoms with E-state index in [0.29, 0.717) is 41.0 Å². The average Bonchev–Trinajstić information content (AvgIpc) is 3.32. The number of benzene rings is 3.